The third-order valence-electron chi connectivity index (χ3n) is 4.55. The van der Waals surface area contributed by atoms with Gasteiger partial charge in [-0.05, 0) is 54.0 Å². The Kier molecular flexibility index (Phi) is 6.71. The number of carbonyl (C=O) groups excluding carboxylic acids is 1. The molecular formula is C25H24N2O3. The van der Waals surface area contributed by atoms with Crippen LogP contribution in [0.5, 0.6) is 11.5 Å². The second-order valence-electron chi connectivity index (χ2n) is 7.14. The third-order valence-corrected chi connectivity index (χ3v) is 4.55. The van der Waals surface area contributed by atoms with Crippen LogP contribution in [0.1, 0.15) is 25.0 Å². The predicted molar refractivity (Wildman–Crippen MR) is 118 cm³/mol. The molecule has 1 N–H and O–H groups in total. The molecule has 0 aliphatic heterocycles. The van der Waals surface area contributed by atoms with Crippen molar-refractivity contribution in [3.8, 4) is 17.6 Å². The Morgan fingerprint density at radius 1 is 1.10 bits per heavy atom. The highest BCUT2D eigenvalue weighted by Gasteiger charge is 2.12. The molecule has 3 rings (SSSR count). The first-order chi connectivity index (χ1) is 14.5. The van der Waals surface area contributed by atoms with E-state index in [1.165, 1.54) is 6.08 Å². The number of nitrogens with zero attached hydrogens (tertiary/aromatic N) is 1. The van der Waals surface area contributed by atoms with Gasteiger partial charge in [0.05, 0.1) is 7.11 Å². The maximum absolute atomic E-state index is 12.1. The van der Waals surface area contributed by atoms with Crippen molar-refractivity contribution in [1.29, 1.82) is 5.26 Å². The highest BCUT2D eigenvalue weighted by Crippen LogP contribution is 2.30. The quantitative estimate of drug-likeness (QED) is 0.454. The molecule has 1 amide bonds. The number of nitriles is 1. The Morgan fingerprint density at radius 3 is 2.60 bits per heavy atom. The summed E-state index contributed by atoms with van der Waals surface area (Å²) in [5.74, 6) is 0.723. The van der Waals surface area contributed by atoms with Crippen LogP contribution in [0.4, 0.5) is 0 Å². The van der Waals surface area contributed by atoms with E-state index in [4.69, 9.17) is 9.47 Å². The summed E-state index contributed by atoms with van der Waals surface area (Å²) in [5, 5.41) is 14.3. The minimum atomic E-state index is -0.400. The smallest absolute Gasteiger partial charge is 0.262 e. The number of benzene rings is 3. The van der Waals surface area contributed by atoms with Crippen LogP contribution in [0.15, 0.2) is 66.2 Å². The van der Waals surface area contributed by atoms with Gasteiger partial charge in [0.15, 0.2) is 11.5 Å². The molecule has 0 saturated carbocycles. The van der Waals surface area contributed by atoms with Gasteiger partial charge in [-0.1, -0.05) is 48.5 Å². The highest BCUT2D eigenvalue weighted by atomic mass is 16.5. The number of rotatable bonds is 7. The summed E-state index contributed by atoms with van der Waals surface area (Å²) in [6, 6.07) is 21.5. The zero-order chi connectivity index (χ0) is 21.5. The van der Waals surface area contributed by atoms with E-state index in [2.05, 4.69) is 23.5 Å². The Balaban J connectivity index is 1.81. The molecule has 0 fully saturated rings. The summed E-state index contributed by atoms with van der Waals surface area (Å²) in [5.41, 5.74) is 1.80. The van der Waals surface area contributed by atoms with Gasteiger partial charge in [0.1, 0.15) is 18.2 Å². The monoisotopic (exact) mass is 400 g/mol. The molecule has 0 aliphatic rings. The molecule has 5 nitrogen and oxygen atoms in total. The number of nitrogens with one attached hydrogen (secondary N) is 1. The second kappa shape index (κ2) is 9.62. The van der Waals surface area contributed by atoms with E-state index in [-0.39, 0.29) is 11.6 Å². The lowest BCUT2D eigenvalue weighted by molar-refractivity contribution is -0.117. The van der Waals surface area contributed by atoms with Crippen LogP contribution in [0.3, 0.4) is 0 Å². The molecule has 3 aromatic rings. The number of amides is 1. The van der Waals surface area contributed by atoms with E-state index in [0.29, 0.717) is 23.7 Å². The van der Waals surface area contributed by atoms with Crippen molar-refractivity contribution < 1.29 is 14.3 Å². The van der Waals surface area contributed by atoms with Gasteiger partial charge in [-0.25, -0.2) is 0 Å². The van der Waals surface area contributed by atoms with Crippen molar-refractivity contribution in [2.24, 2.45) is 0 Å². The summed E-state index contributed by atoms with van der Waals surface area (Å²) < 4.78 is 11.5. The average Bonchev–Trinajstić information content (AvgIpc) is 2.75. The molecule has 0 unspecified atom stereocenters. The van der Waals surface area contributed by atoms with Crippen LogP contribution < -0.4 is 14.8 Å². The Bertz CT molecular complexity index is 1120. The average molecular weight is 400 g/mol. The zero-order valence-electron chi connectivity index (χ0n) is 17.3. The lowest BCUT2D eigenvalue weighted by Gasteiger charge is -2.13. The van der Waals surface area contributed by atoms with Crippen molar-refractivity contribution in [2.75, 3.05) is 7.11 Å². The summed E-state index contributed by atoms with van der Waals surface area (Å²) in [6.07, 6.45) is 1.54. The van der Waals surface area contributed by atoms with Gasteiger partial charge in [0.25, 0.3) is 5.91 Å². The Morgan fingerprint density at radius 2 is 1.87 bits per heavy atom. The van der Waals surface area contributed by atoms with E-state index in [9.17, 15) is 10.1 Å². The lowest BCUT2D eigenvalue weighted by Crippen LogP contribution is -2.30. The molecule has 0 spiro atoms. The van der Waals surface area contributed by atoms with Crippen LogP contribution in [-0.4, -0.2) is 19.1 Å². The van der Waals surface area contributed by atoms with Crippen LogP contribution in [0, 0.1) is 11.3 Å². The summed E-state index contributed by atoms with van der Waals surface area (Å²) in [7, 11) is 1.56. The standard InChI is InChI=1S/C25H24N2O3/c1-17(2)27-25(28)21(15-26)13-18-11-12-23(24(14-18)29-3)30-16-20-9-6-8-19-7-4-5-10-22(19)20/h4-14,17H,16H2,1-3H3,(H,27,28)/b21-13+. The molecule has 0 heterocycles. The Hall–Kier alpha value is -3.78. The minimum absolute atomic E-state index is 0.0372. The van der Waals surface area contributed by atoms with E-state index in [0.717, 1.165) is 16.3 Å². The SMILES string of the molecule is COc1cc(/C=C(\C#N)C(=O)NC(C)C)ccc1OCc1cccc2ccccc12. The lowest BCUT2D eigenvalue weighted by atomic mass is 10.1. The van der Waals surface area contributed by atoms with Gasteiger partial charge >= 0.3 is 0 Å². The van der Waals surface area contributed by atoms with Crippen molar-refractivity contribution in [3.63, 3.8) is 0 Å². The molecular weight excluding hydrogens is 376 g/mol. The van der Waals surface area contributed by atoms with Crippen molar-refractivity contribution >= 4 is 22.8 Å². The van der Waals surface area contributed by atoms with Gasteiger partial charge in [0.2, 0.25) is 0 Å². The van der Waals surface area contributed by atoms with E-state index in [1.54, 1.807) is 25.3 Å². The fraction of sp³-hybridized carbons (Fsp3) is 0.200. The van der Waals surface area contributed by atoms with Gasteiger partial charge in [-0.3, -0.25) is 4.79 Å². The number of methoxy groups -OCH3 is 1. The third kappa shape index (κ3) is 4.98. The minimum Gasteiger partial charge on any atom is -0.493 e. The second-order valence-corrected chi connectivity index (χ2v) is 7.14. The first-order valence-electron chi connectivity index (χ1n) is 9.72. The topological polar surface area (TPSA) is 71.3 Å². The molecule has 0 aliphatic carbocycles. The number of fused-ring (bicyclic) bond motifs is 1. The van der Waals surface area contributed by atoms with Crippen molar-refractivity contribution in [1.82, 2.24) is 5.32 Å². The summed E-state index contributed by atoms with van der Waals surface area (Å²) in [4.78, 5) is 12.1. The van der Waals surface area contributed by atoms with E-state index < -0.39 is 5.91 Å². The molecule has 0 aromatic heterocycles. The summed E-state index contributed by atoms with van der Waals surface area (Å²) in [6.45, 7) is 4.09. The van der Waals surface area contributed by atoms with Gasteiger partial charge < -0.3 is 14.8 Å². The summed E-state index contributed by atoms with van der Waals surface area (Å²) >= 11 is 0. The fourth-order valence-corrected chi connectivity index (χ4v) is 3.12. The van der Waals surface area contributed by atoms with Crippen LogP contribution in [-0.2, 0) is 11.4 Å². The van der Waals surface area contributed by atoms with Crippen molar-refractivity contribution in [3.05, 3.63) is 77.4 Å². The molecule has 5 heteroatoms. The zero-order valence-corrected chi connectivity index (χ0v) is 17.3. The number of carbonyl (C=O) groups is 1. The van der Waals surface area contributed by atoms with Crippen LogP contribution in [0.25, 0.3) is 16.8 Å². The normalized spacial score (nSPS) is 11.2. The maximum Gasteiger partial charge on any atom is 0.262 e. The number of hydrogen-bond acceptors (Lipinski definition) is 4. The predicted octanol–water partition coefficient (Wildman–Crippen LogP) is 4.86. The van der Waals surface area contributed by atoms with Crippen LogP contribution in [0.2, 0.25) is 0 Å². The molecule has 0 saturated heterocycles. The van der Waals surface area contributed by atoms with Gasteiger partial charge in [-0.15, -0.1) is 0 Å². The molecule has 152 valence electrons. The first-order valence-corrected chi connectivity index (χ1v) is 9.72. The Labute approximate surface area is 176 Å². The number of ether oxygens (including phenoxy) is 2. The maximum atomic E-state index is 12.1. The number of hydrogen-bond donors (Lipinski definition) is 1. The van der Waals surface area contributed by atoms with E-state index in [1.807, 2.05) is 44.2 Å². The highest BCUT2D eigenvalue weighted by molar-refractivity contribution is 6.01. The fourth-order valence-electron chi connectivity index (χ4n) is 3.12. The van der Waals surface area contributed by atoms with Crippen molar-refractivity contribution in [2.45, 2.75) is 26.5 Å². The van der Waals surface area contributed by atoms with Gasteiger partial charge in [-0.2, -0.15) is 5.26 Å². The molecule has 0 radical (unpaired) electrons. The molecule has 0 atom stereocenters. The van der Waals surface area contributed by atoms with E-state index >= 15 is 0 Å². The molecule has 30 heavy (non-hydrogen) atoms. The molecule has 0 bridgehead atoms. The molecule has 3 aromatic carbocycles. The van der Waals surface area contributed by atoms with Gasteiger partial charge in [0, 0.05) is 6.04 Å². The first kappa shape index (κ1) is 20.9. The largest absolute Gasteiger partial charge is 0.493 e. The van der Waals surface area contributed by atoms with Crippen LogP contribution >= 0.6 is 0 Å².